The normalized spacial score (nSPS) is 11.2. The average Bonchev–Trinajstić information content (AvgIpc) is 2.59. The topological polar surface area (TPSA) is 89.5 Å². The molecule has 1 amide bonds. The molecule has 146 valence electrons. The molecular formula is C19H29NO5S. The Balaban J connectivity index is 2.24. The van der Waals surface area contributed by atoms with E-state index in [-0.39, 0.29) is 10.8 Å². The highest BCUT2D eigenvalue weighted by atomic mass is 32.2. The van der Waals surface area contributed by atoms with Gasteiger partial charge in [0.15, 0.2) is 0 Å². The van der Waals surface area contributed by atoms with Crippen molar-refractivity contribution >= 4 is 22.0 Å². The third kappa shape index (κ3) is 8.99. The Morgan fingerprint density at radius 1 is 0.962 bits per heavy atom. The molecule has 1 rings (SSSR count). The molecule has 1 aromatic rings. The van der Waals surface area contributed by atoms with Gasteiger partial charge >= 0.3 is 16.1 Å². The van der Waals surface area contributed by atoms with E-state index >= 15 is 0 Å². The van der Waals surface area contributed by atoms with Crippen LogP contribution < -0.4 is 5.32 Å². The van der Waals surface area contributed by atoms with Crippen molar-refractivity contribution in [2.45, 2.75) is 70.1 Å². The second-order valence-electron chi connectivity index (χ2n) is 6.37. The first-order chi connectivity index (χ1) is 12.3. The molecule has 0 aliphatic carbocycles. The zero-order valence-corrected chi connectivity index (χ0v) is 16.4. The minimum Gasteiger partial charge on any atom is -0.345 e. The number of hydrogen-bond acceptors (Lipinski definition) is 5. The standard InChI is InChI=1S/C19H29NO5S/c1-3-4-5-6-7-8-9-10-18(21)20-15-19(22)25-26(23,24)17-13-11-16(2)12-14-17/h11-14H,3-10,15H2,1-2H3,(H,20,21). The fraction of sp³-hybridized carbons (Fsp3) is 0.579. The Morgan fingerprint density at radius 3 is 2.15 bits per heavy atom. The summed E-state index contributed by atoms with van der Waals surface area (Å²) in [5.41, 5.74) is 0.896. The molecule has 7 heteroatoms. The number of rotatable bonds is 12. The van der Waals surface area contributed by atoms with Gasteiger partial charge < -0.3 is 9.50 Å². The van der Waals surface area contributed by atoms with Gasteiger partial charge in [-0.05, 0) is 25.5 Å². The van der Waals surface area contributed by atoms with Gasteiger partial charge in [-0.1, -0.05) is 63.1 Å². The lowest BCUT2D eigenvalue weighted by molar-refractivity contribution is -0.135. The van der Waals surface area contributed by atoms with E-state index < -0.39 is 22.6 Å². The molecule has 0 saturated carbocycles. The van der Waals surface area contributed by atoms with Crippen LogP contribution in [0.4, 0.5) is 0 Å². The summed E-state index contributed by atoms with van der Waals surface area (Å²) < 4.78 is 28.4. The molecule has 0 saturated heterocycles. The molecule has 0 unspecified atom stereocenters. The highest BCUT2D eigenvalue weighted by Crippen LogP contribution is 2.13. The van der Waals surface area contributed by atoms with Crippen LogP contribution in [0.3, 0.4) is 0 Å². The van der Waals surface area contributed by atoms with E-state index in [1.807, 2.05) is 6.92 Å². The van der Waals surface area contributed by atoms with Crippen molar-refractivity contribution in [2.24, 2.45) is 0 Å². The molecule has 0 bridgehead atoms. The number of unbranched alkanes of at least 4 members (excludes halogenated alkanes) is 6. The van der Waals surface area contributed by atoms with Gasteiger partial charge in [-0.25, -0.2) is 4.79 Å². The van der Waals surface area contributed by atoms with Gasteiger partial charge in [-0.3, -0.25) is 4.79 Å². The SMILES string of the molecule is CCCCCCCCCC(=O)NCC(=O)OS(=O)(=O)c1ccc(C)cc1. The lowest BCUT2D eigenvalue weighted by atomic mass is 10.1. The van der Waals surface area contributed by atoms with Crippen LogP contribution >= 0.6 is 0 Å². The molecule has 0 heterocycles. The molecule has 1 N–H and O–H groups in total. The monoisotopic (exact) mass is 383 g/mol. The largest absolute Gasteiger partial charge is 0.345 e. The molecule has 0 aliphatic rings. The number of amides is 1. The molecule has 6 nitrogen and oxygen atoms in total. The number of carbonyl (C=O) groups is 2. The van der Waals surface area contributed by atoms with E-state index in [0.717, 1.165) is 24.8 Å². The van der Waals surface area contributed by atoms with Crippen LogP contribution in [0.5, 0.6) is 0 Å². The highest BCUT2D eigenvalue weighted by molar-refractivity contribution is 7.87. The molecule has 0 aromatic heterocycles. The summed E-state index contributed by atoms with van der Waals surface area (Å²) in [5, 5.41) is 2.40. The second kappa shape index (κ2) is 11.7. The van der Waals surface area contributed by atoms with Crippen molar-refractivity contribution in [3.63, 3.8) is 0 Å². The zero-order chi connectivity index (χ0) is 19.4. The van der Waals surface area contributed by atoms with Crippen molar-refractivity contribution in [3.8, 4) is 0 Å². The Kier molecular flexibility index (Phi) is 9.95. The summed E-state index contributed by atoms with van der Waals surface area (Å²) in [5.74, 6) is -1.28. The summed E-state index contributed by atoms with van der Waals surface area (Å²) in [6.07, 6.45) is 8.02. The molecule has 0 fully saturated rings. The average molecular weight is 384 g/mol. The maximum atomic E-state index is 12.0. The number of carbonyl (C=O) groups excluding carboxylic acids is 2. The second-order valence-corrected chi connectivity index (χ2v) is 7.92. The van der Waals surface area contributed by atoms with Crippen molar-refractivity contribution in [1.29, 1.82) is 0 Å². The molecular weight excluding hydrogens is 354 g/mol. The lowest BCUT2D eigenvalue weighted by Crippen LogP contribution is -2.31. The zero-order valence-electron chi connectivity index (χ0n) is 15.6. The summed E-state index contributed by atoms with van der Waals surface area (Å²) >= 11 is 0. The van der Waals surface area contributed by atoms with Gasteiger partial charge in [-0.15, -0.1) is 0 Å². The summed E-state index contributed by atoms with van der Waals surface area (Å²) in [4.78, 5) is 23.3. The van der Waals surface area contributed by atoms with E-state index in [1.165, 1.54) is 37.8 Å². The first-order valence-corrected chi connectivity index (χ1v) is 10.6. The van der Waals surface area contributed by atoms with E-state index in [9.17, 15) is 18.0 Å². The maximum Gasteiger partial charge on any atom is 0.341 e. The quantitative estimate of drug-likeness (QED) is 0.441. The number of benzene rings is 1. The Labute approximate surface area is 156 Å². The van der Waals surface area contributed by atoms with E-state index in [1.54, 1.807) is 12.1 Å². The molecule has 26 heavy (non-hydrogen) atoms. The third-order valence-corrected chi connectivity index (χ3v) is 5.20. The molecule has 0 radical (unpaired) electrons. The molecule has 1 aromatic carbocycles. The fourth-order valence-corrected chi connectivity index (χ4v) is 3.28. The van der Waals surface area contributed by atoms with Gasteiger partial charge in [0.2, 0.25) is 5.91 Å². The Hall–Kier alpha value is -1.89. The smallest absolute Gasteiger partial charge is 0.341 e. The van der Waals surface area contributed by atoms with Gasteiger partial charge in [0, 0.05) is 6.42 Å². The number of aryl methyl sites for hydroxylation is 1. The van der Waals surface area contributed by atoms with Crippen LogP contribution in [-0.2, 0) is 23.9 Å². The van der Waals surface area contributed by atoms with E-state index in [0.29, 0.717) is 6.42 Å². The van der Waals surface area contributed by atoms with Gasteiger partial charge in [0.25, 0.3) is 0 Å². The predicted molar refractivity (Wildman–Crippen MR) is 100 cm³/mol. The minimum absolute atomic E-state index is 0.0918. The molecule has 0 atom stereocenters. The van der Waals surface area contributed by atoms with Crippen LogP contribution in [0, 0.1) is 6.92 Å². The van der Waals surface area contributed by atoms with Crippen LogP contribution in [-0.4, -0.2) is 26.8 Å². The van der Waals surface area contributed by atoms with E-state index in [4.69, 9.17) is 0 Å². The van der Waals surface area contributed by atoms with E-state index in [2.05, 4.69) is 16.4 Å². The Morgan fingerprint density at radius 2 is 1.54 bits per heavy atom. The van der Waals surface area contributed by atoms with Crippen molar-refractivity contribution in [3.05, 3.63) is 29.8 Å². The predicted octanol–water partition coefficient (Wildman–Crippen LogP) is 3.48. The van der Waals surface area contributed by atoms with Crippen LogP contribution in [0.2, 0.25) is 0 Å². The summed E-state index contributed by atoms with van der Waals surface area (Å²) in [6, 6.07) is 5.98. The van der Waals surface area contributed by atoms with Gasteiger partial charge in [-0.2, -0.15) is 8.42 Å². The number of hydrogen-bond donors (Lipinski definition) is 1. The fourth-order valence-electron chi connectivity index (χ4n) is 2.41. The van der Waals surface area contributed by atoms with Crippen molar-refractivity contribution < 1.29 is 22.2 Å². The van der Waals surface area contributed by atoms with Crippen LogP contribution in [0.25, 0.3) is 0 Å². The maximum absolute atomic E-state index is 12.0. The third-order valence-electron chi connectivity index (χ3n) is 3.95. The lowest BCUT2D eigenvalue weighted by Gasteiger charge is -2.07. The summed E-state index contributed by atoms with van der Waals surface area (Å²) in [7, 11) is -4.16. The Bertz CT molecular complexity index is 668. The van der Waals surface area contributed by atoms with Crippen LogP contribution in [0.1, 0.15) is 63.9 Å². The number of nitrogens with one attached hydrogen (secondary N) is 1. The van der Waals surface area contributed by atoms with Crippen molar-refractivity contribution in [2.75, 3.05) is 6.54 Å². The van der Waals surface area contributed by atoms with Crippen molar-refractivity contribution in [1.82, 2.24) is 5.32 Å². The summed E-state index contributed by atoms with van der Waals surface area (Å²) in [6.45, 7) is 3.53. The molecule has 0 spiro atoms. The first-order valence-electron chi connectivity index (χ1n) is 9.16. The molecule has 0 aliphatic heterocycles. The van der Waals surface area contributed by atoms with Crippen LogP contribution in [0.15, 0.2) is 29.2 Å². The first kappa shape index (κ1) is 22.2. The van der Waals surface area contributed by atoms with Gasteiger partial charge in [0.05, 0.1) is 0 Å². The van der Waals surface area contributed by atoms with Gasteiger partial charge in [0.1, 0.15) is 11.4 Å². The highest BCUT2D eigenvalue weighted by Gasteiger charge is 2.20. The minimum atomic E-state index is -4.16.